The van der Waals surface area contributed by atoms with Gasteiger partial charge in [0.25, 0.3) is 0 Å². The molecule has 1 saturated heterocycles. The molecule has 6 heteroatoms. The molecule has 1 heterocycles. The van der Waals surface area contributed by atoms with Crippen LogP contribution in [-0.4, -0.2) is 50.8 Å². The molecule has 2 aromatic rings. The fourth-order valence-electron chi connectivity index (χ4n) is 3.56. The van der Waals surface area contributed by atoms with Gasteiger partial charge in [0, 0.05) is 45.3 Å². The van der Waals surface area contributed by atoms with E-state index < -0.39 is 0 Å². The fourth-order valence-corrected chi connectivity index (χ4v) is 3.56. The highest BCUT2D eigenvalue weighted by Gasteiger charge is 2.13. The second-order valence-electron chi connectivity index (χ2n) is 7.48. The van der Waals surface area contributed by atoms with Gasteiger partial charge in [-0.15, -0.1) is 0 Å². The summed E-state index contributed by atoms with van der Waals surface area (Å²) in [5, 5.41) is 6.86. The molecule has 0 atom stereocenters. The van der Waals surface area contributed by atoms with Gasteiger partial charge in [0.05, 0.1) is 19.8 Å². The van der Waals surface area contributed by atoms with E-state index >= 15 is 0 Å². The van der Waals surface area contributed by atoms with Crippen LogP contribution in [0, 0.1) is 6.92 Å². The predicted molar refractivity (Wildman–Crippen MR) is 122 cm³/mol. The number of guanidine groups is 1. The van der Waals surface area contributed by atoms with Crippen molar-refractivity contribution in [1.29, 1.82) is 0 Å². The van der Waals surface area contributed by atoms with Crippen LogP contribution >= 0.6 is 0 Å². The van der Waals surface area contributed by atoms with Crippen molar-refractivity contribution in [2.75, 3.05) is 40.0 Å². The maximum atomic E-state index is 5.79. The molecule has 0 saturated carbocycles. The molecule has 0 amide bonds. The maximum absolute atomic E-state index is 5.79. The summed E-state index contributed by atoms with van der Waals surface area (Å²) in [7, 11) is 1.80. The second kappa shape index (κ2) is 11.6. The van der Waals surface area contributed by atoms with Crippen molar-refractivity contribution in [3.63, 3.8) is 0 Å². The van der Waals surface area contributed by atoms with Gasteiger partial charge < -0.3 is 20.1 Å². The highest BCUT2D eigenvalue weighted by Crippen LogP contribution is 2.20. The van der Waals surface area contributed by atoms with Crippen LogP contribution in [0.4, 0.5) is 0 Å². The topological polar surface area (TPSA) is 58.1 Å². The van der Waals surface area contributed by atoms with Crippen LogP contribution < -0.4 is 15.4 Å². The standard InChI is InChI=1S/C24H34N4O2/c1-4-30-23-15-19(2)9-10-21(23)17-27-24(25-3)26-16-20-7-5-6-8-22(20)18-28-11-13-29-14-12-28/h5-10,15H,4,11-14,16-18H2,1-3H3,(H2,25,26,27). The van der Waals surface area contributed by atoms with E-state index in [1.807, 2.05) is 6.92 Å². The van der Waals surface area contributed by atoms with E-state index in [-0.39, 0.29) is 0 Å². The van der Waals surface area contributed by atoms with Crippen LogP contribution in [0.2, 0.25) is 0 Å². The number of hydrogen-bond donors (Lipinski definition) is 2. The number of ether oxygens (including phenoxy) is 2. The summed E-state index contributed by atoms with van der Waals surface area (Å²) in [4.78, 5) is 6.83. The summed E-state index contributed by atoms with van der Waals surface area (Å²) in [5.74, 6) is 1.70. The Morgan fingerprint density at radius 1 is 1.03 bits per heavy atom. The minimum absolute atomic E-state index is 0.656. The molecule has 0 bridgehead atoms. The Bertz CT molecular complexity index is 832. The lowest BCUT2D eigenvalue weighted by Gasteiger charge is -2.27. The molecule has 0 radical (unpaired) electrons. The van der Waals surface area contributed by atoms with Crippen LogP contribution in [-0.2, 0) is 24.4 Å². The molecule has 30 heavy (non-hydrogen) atoms. The highest BCUT2D eigenvalue weighted by atomic mass is 16.5. The van der Waals surface area contributed by atoms with Gasteiger partial charge >= 0.3 is 0 Å². The molecule has 0 unspecified atom stereocenters. The quantitative estimate of drug-likeness (QED) is 0.517. The third kappa shape index (κ3) is 6.47. The second-order valence-corrected chi connectivity index (χ2v) is 7.48. The zero-order valence-corrected chi connectivity index (χ0v) is 18.4. The van der Waals surface area contributed by atoms with Crippen molar-refractivity contribution in [1.82, 2.24) is 15.5 Å². The Labute approximate surface area is 180 Å². The first-order chi connectivity index (χ1) is 14.7. The Morgan fingerprint density at radius 2 is 1.73 bits per heavy atom. The van der Waals surface area contributed by atoms with Crippen molar-refractivity contribution in [3.8, 4) is 5.75 Å². The van der Waals surface area contributed by atoms with Crippen LogP contribution in [0.1, 0.15) is 29.2 Å². The number of aliphatic imine (C=N–C) groups is 1. The molecule has 6 nitrogen and oxygen atoms in total. The molecular formula is C24H34N4O2. The lowest BCUT2D eigenvalue weighted by atomic mass is 10.1. The molecule has 2 aromatic carbocycles. The Morgan fingerprint density at radius 3 is 2.43 bits per heavy atom. The van der Waals surface area contributed by atoms with E-state index in [9.17, 15) is 0 Å². The lowest BCUT2D eigenvalue weighted by Crippen LogP contribution is -2.37. The number of nitrogens with one attached hydrogen (secondary N) is 2. The van der Waals surface area contributed by atoms with Gasteiger partial charge in [-0.05, 0) is 36.6 Å². The monoisotopic (exact) mass is 410 g/mol. The van der Waals surface area contributed by atoms with Crippen LogP contribution in [0.3, 0.4) is 0 Å². The molecule has 2 N–H and O–H groups in total. The van der Waals surface area contributed by atoms with Crippen molar-refractivity contribution in [2.24, 2.45) is 4.99 Å². The summed E-state index contributed by atoms with van der Waals surface area (Å²) >= 11 is 0. The van der Waals surface area contributed by atoms with Crippen LogP contribution in [0.15, 0.2) is 47.5 Å². The Hall–Kier alpha value is -2.57. The number of benzene rings is 2. The first kappa shape index (κ1) is 22.1. The van der Waals surface area contributed by atoms with E-state index in [1.165, 1.54) is 16.7 Å². The molecule has 0 aromatic heterocycles. The summed E-state index contributed by atoms with van der Waals surface area (Å²) in [5.41, 5.74) is 4.96. The number of morpholine rings is 1. The van der Waals surface area contributed by atoms with Gasteiger partial charge in [-0.3, -0.25) is 9.89 Å². The molecular weight excluding hydrogens is 376 g/mol. The number of aryl methyl sites for hydroxylation is 1. The SMILES string of the molecule is CCOc1cc(C)ccc1CNC(=NC)NCc1ccccc1CN1CCOCC1. The van der Waals surface area contributed by atoms with Crippen molar-refractivity contribution in [3.05, 3.63) is 64.7 Å². The zero-order chi connectivity index (χ0) is 21.2. The fraction of sp³-hybridized carbons (Fsp3) is 0.458. The number of rotatable bonds is 8. The third-order valence-corrected chi connectivity index (χ3v) is 5.25. The van der Waals surface area contributed by atoms with E-state index in [0.717, 1.165) is 56.7 Å². The molecule has 162 valence electrons. The molecule has 3 rings (SSSR count). The largest absolute Gasteiger partial charge is 0.494 e. The van der Waals surface area contributed by atoms with E-state index in [2.05, 4.69) is 69.9 Å². The summed E-state index contributed by atoms with van der Waals surface area (Å²) in [6.07, 6.45) is 0. The first-order valence-electron chi connectivity index (χ1n) is 10.7. The average molecular weight is 411 g/mol. The van der Waals surface area contributed by atoms with Gasteiger partial charge in [0.15, 0.2) is 5.96 Å². The Balaban J connectivity index is 1.57. The van der Waals surface area contributed by atoms with Gasteiger partial charge in [-0.1, -0.05) is 36.4 Å². The predicted octanol–water partition coefficient (Wildman–Crippen LogP) is 3.09. The van der Waals surface area contributed by atoms with Crippen molar-refractivity contribution >= 4 is 5.96 Å². The Kier molecular flexibility index (Phi) is 8.53. The molecule has 1 fully saturated rings. The molecule has 0 aliphatic carbocycles. The minimum atomic E-state index is 0.656. The third-order valence-electron chi connectivity index (χ3n) is 5.25. The first-order valence-corrected chi connectivity index (χ1v) is 10.7. The van der Waals surface area contributed by atoms with Crippen LogP contribution in [0.25, 0.3) is 0 Å². The minimum Gasteiger partial charge on any atom is -0.494 e. The summed E-state index contributed by atoms with van der Waals surface area (Å²) in [6, 6.07) is 14.9. The summed E-state index contributed by atoms with van der Waals surface area (Å²) < 4.78 is 11.3. The lowest BCUT2D eigenvalue weighted by molar-refractivity contribution is 0.0341. The molecule has 1 aliphatic rings. The number of hydrogen-bond acceptors (Lipinski definition) is 4. The smallest absolute Gasteiger partial charge is 0.191 e. The van der Waals surface area contributed by atoms with E-state index in [1.54, 1.807) is 7.05 Å². The van der Waals surface area contributed by atoms with Gasteiger partial charge in [0.1, 0.15) is 5.75 Å². The van der Waals surface area contributed by atoms with Crippen molar-refractivity contribution in [2.45, 2.75) is 33.5 Å². The van der Waals surface area contributed by atoms with E-state index in [0.29, 0.717) is 13.2 Å². The molecule has 1 aliphatic heterocycles. The van der Waals surface area contributed by atoms with Gasteiger partial charge in [-0.2, -0.15) is 0 Å². The summed E-state index contributed by atoms with van der Waals surface area (Å²) in [6.45, 7) is 10.7. The van der Waals surface area contributed by atoms with Gasteiger partial charge in [-0.25, -0.2) is 0 Å². The normalized spacial score (nSPS) is 15.1. The average Bonchev–Trinajstić information content (AvgIpc) is 2.77. The van der Waals surface area contributed by atoms with Crippen LogP contribution in [0.5, 0.6) is 5.75 Å². The van der Waals surface area contributed by atoms with Gasteiger partial charge in [0.2, 0.25) is 0 Å². The molecule has 0 spiro atoms. The maximum Gasteiger partial charge on any atom is 0.191 e. The van der Waals surface area contributed by atoms with Crippen molar-refractivity contribution < 1.29 is 9.47 Å². The number of nitrogens with zero attached hydrogens (tertiary/aromatic N) is 2. The zero-order valence-electron chi connectivity index (χ0n) is 18.4. The van der Waals surface area contributed by atoms with E-state index in [4.69, 9.17) is 9.47 Å². The highest BCUT2D eigenvalue weighted by molar-refractivity contribution is 5.79.